The fraction of sp³-hybridized carbons (Fsp3) is 0.647. The molecule has 1 aromatic carbocycles. The van der Waals surface area contributed by atoms with Gasteiger partial charge in [-0.3, -0.25) is 0 Å². The lowest BCUT2D eigenvalue weighted by molar-refractivity contribution is 0.208. The van der Waals surface area contributed by atoms with E-state index in [9.17, 15) is 0 Å². The Labute approximate surface area is 126 Å². The Balaban J connectivity index is 1.63. The molecule has 2 fully saturated rings. The Morgan fingerprint density at radius 1 is 1.15 bits per heavy atom. The third kappa shape index (κ3) is 3.92. The lowest BCUT2D eigenvalue weighted by Gasteiger charge is -2.27. The van der Waals surface area contributed by atoms with Gasteiger partial charge in [-0.2, -0.15) is 11.8 Å². The van der Waals surface area contributed by atoms with Crippen LogP contribution in [0.15, 0.2) is 24.3 Å². The molecule has 2 atom stereocenters. The van der Waals surface area contributed by atoms with Gasteiger partial charge in [-0.1, -0.05) is 24.6 Å². The van der Waals surface area contributed by atoms with Crippen molar-refractivity contribution >= 4 is 11.8 Å². The van der Waals surface area contributed by atoms with E-state index in [1.54, 1.807) is 0 Å². The largest absolute Gasteiger partial charge is 0.489 e. The molecule has 0 amide bonds. The summed E-state index contributed by atoms with van der Waals surface area (Å²) in [5.74, 6) is 3.57. The zero-order chi connectivity index (χ0) is 13.6. The normalized spacial score (nSPS) is 27.2. The first-order valence-corrected chi connectivity index (χ1v) is 9.13. The van der Waals surface area contributed by atoms with Crippen molar-refractivity contribution < 1.29 is 4.74 Å². The summed E-state index contributed by atoms with van der Waals surface area (Å²) in [6.07, 6.45) is 8.01. The van der Waals surface area contributed by atoms with Crippen LogP contribution in [0.2, 0.25) is 0 Å². The van der Waals surface area contributed by atoms with Crippen LogP contribution in [0.25, 0.3) is 0 Å². The first-order chi connectivity index (χ1) is 9.92. The van der Waals surface area contributed by atoms with Crippen LogP contribution in [-0.4, -0.2) is 30.2 Å². The predicted molar refractivity (Wildman–Crippen MR) is 86.8 cm³/mol. The number of benzene rings is 1. The van der Waals surface area contributed by atoms with Gasteiger partial charge in [0.05, 0.1) is 0 Å². The summed E-state index contributed by atoms with van der Waals surface area (Å²) in [6.45, 7) is 1.17. The van der Waals surface area contributed by atoms with Crippen molar-refractivity contribution in [3.05, 3.63) is 29.8 Å². The molecular weight excluding hydrogens is 266 g/mol. The molecule has 0 aliphatic carbocycles. The highest BCUT2D eigenvalue weighted by Crippen LogP contribution is 2.27. The molecular formula is C17H25NOS. The first-order valence-electron chi connectivity index (χ1n) is 7.97. The van der Waals surface area contributed by atoms with E-state index in [0.29, 0.717) is 12.1 Å². The molecule has 2 aliphatic heterocycles. The van der Waals surface area contributed by atoms with E-state index < -0.39 is 0 Å². The summed E-state index contributed by atoms with van der Waals surface area (Å²) >= 11 is 2.03. The summed E-state index contributed by atoms with van der Waals surface area (Å²) in [6, 6.07) is 9.26. The number of nitrogens with one attached hydrogen (secondary N) is 1. The van der Waals surface area contributed by atoms with E-state index in [4.69, 9.17) is 4.74 Å². The van der Waals surface area contributed by atoms with E-state index in [-0.39, 0.29) is 0 Å². The number of rotatable bonds is 4. The standard InChI is InChI=1S/C17H25NOS/c1-2-9-17(19-16-8-5-11-20-13-16)14(6-1)12-15-7-3-4-10-18-15/h1-2,6,9,15-16,18H,3-5,7-8,10-13H2. The van der Waals surface area contributed by atoms with Gasteiger partial charge in [0.15, 0.2) is 0 Å². The third-order valence-corrected chi connectivity index (χ3v) is 5.45. The second-order valence-electron chi connectivity index (χ2n) is 5.92. The van der Waals surface area contributed by atoms with Crippen molar-refractivity contribution in [3.63, 3.8) is 0 Å². The highest BCUT2D eigenvalue weighted by Gasteiger charge is 2.19. The minimum atomic E-state index is 0.411. The SMILES string of the molecule is c1ccc(OC2CCCSC2)c(CC2CCCCN2)c1. The van der Waals surface area contributed by atoms with Gasteiger partial charge in [0.25, 0.3) is 0 Å². The molecule has 3 heteroatoms. The van der Waals surface area contributed by atoms with Crippen molar-refractivity contribution in [3.8, 4) is 5.75 Å². The van der Waals surface area contributed by atoms with Crippen LogP contribution in [0.4, 0.5) is 0 Å². The van der Waals surface area contributed by atoms with Crippen LogP contribution >= 0.6 is 11.8 Å². The van der Waals surface area contributed by atoms with Gasteiger partial charge >= 0.3 is 0 Å². The van der Waals surface area contributed by atoms with Crippen LogP contribution in [0.3, 0.4) is 0 Å². The summed E-state index contributed by atoms with van der Waals surface area (Å²) in [4.78, 5) is 0. The monoisotopic (exact) mass is 291 g/mol. The number of hydrogen-bond donors (Lipinski definition) is 1. The fourth-order valence-corrected chi connectivity index (χ4v) is 4.17. The first kappa shape index (κ1) is 14.3. The lowest BCUT2D eigenvalue weighted by atomic mass is 9.97. The highest BCUT2D eigenvalue weighted by atomic mass is 32.2. The Morgan fingerprint density at radius 2 is 2.10 bits per heavy atom. The number of thioether (sulfide) groups is 1. The van der Waals surface area contributed by atoms with Gasteiger partial charge in [0.1, 0.15) is 11.9 Å². The maximum Gasteiger partial charge on any atom is 0.123 e. The Kier molecular flexibility index (Phi) is 5.26. The fourth-order valence-electron chi connectivity index (χ4n) is 3.13. The van der Waals surface area contributed by atoms with Gasteiger partial charge in [0, 0.05) is 11.8 Å². The van der Waals surface area contributed by atoms with Crippen LogP contribution in [0.1, 0.15) is 37.7 Å². The molecule has 2 nitrogen and oxygen atoms in total. The Bertz CT molecular complexity index is 372. The molecule has 3 rings (SSSR count). The topological polar surface area (TPSA) is 21.3 Å². The number of para-hydroxylation sites is 1. The van der Waals surface area contributed by atoms with Crippen molar-refractivity contribution in [2.24, 2.45) is 0 Å². The van der Waals surface area contributed by atoms with Crippen molar-refractivity contribution in [2.45, 2.75) is 50.7 Å². The summed E-state index contributed by atoms with van der Waals surface area (Å²) in [7, 11) is 0. The molecule has 0 aromatic heterocycles. The third-order valence-electron chi connectivity index (χ3n) is 4.26. The van der Waals surface area contributed by atoms with Crippen LogP contribution in [0, 0.1) is 0 Å². The second-order valence-corrected chi connectivity index (χ2v) is 7.07. The average Bonchev–Trinajstić information content (AvgIpc) is 2.51. The molecule has 110 valence electrons. The zero-order valence-electron chi connectivity index (χ0n) is 12.1. The molecule has 0 saturated carbocycles. The maximum absolute atomic E-state index is 6.28. The molecule has 2 heterocycles. The van der Waals surface area contributed by atoms with E-state index in [1.807, 2.05) is 11.8 Å². The zero-order valence-corrected chi connectivity index (χ0v) is 13.0. The molecule has 0 bridgehead atoms. The second kappa shape index (κ2) is 7.37. The summed E-state index contributed by atoms with van der Waals surface area (Å²) in [5, 5.41) is 3.64. The maximum atomic E-state index is 6.28. The Hall–Kier alpha value is -0.670. The summed E-state index contributed by atoms with van der Waals surface area (Å²) in [5.41, 5.74) is 1.38. The van der Waals surface area contributed by atoms with Gasteiger partial charge in [-0.25, -0.2) is 0 Å². The van der Waals surface area contributed by atoms with E-state index in [0.717, 1.165) is 17.9 Å². The smallest absolute Gasteiger partial charge is 0.123 e. The predicted octanol–water partition coefficient (Wildman–Crippen LogP) is 3.65. The van der Waals surface area contributed by atoms with Crippen LogP contribution < -0.4 is 10.1 Å². The lowest BCUT2D eigenvalue weighted by Crippen LogP contribution is -2.35. The minimum Gasteiger partial charge on any atom is -0.489 e. The van der Waals surface area contributed by atoms with Gasteiger partial charge in [-0.05, 0) is 56.0 Å². The van der Waals surface area contributed by atoms with Crippen molar-refractivity contribution in [2.75, 3.05) is 18.1 Å². The number of hydrogen-bond acceptors (Lipinski definition) is 3. The van der Waals surface area contributed by atoms with Crippen LogP contribution in [0.5, 0.6) is 5.75 Å². The molecule has 2 aliphatic rings. The van der Waals surface area contributed by atoms with E-state index in [2.05, 4.69) is 29.6 Å². The average molecular weight is 291 g/mol. The highest BCUT2D eigenvalue weighted by molar-refractivity contribution is 7.99. The molecule has 2 unspecified atom stereocenters. The van der Waals surface area contributed by atoms with Gasteiger partial charge in [0.2, 0.25) is 0 Å². The molecule has 20 heavy (non-hydrogen) atoms. The summed E-state index contributed by atoms with van der Waals surface area (Å²) < 4.78 is 6.28. The molecule has 1 N–H and O–H groups in total. The Morgan fingerprint density at radius 3 is 2.90 bits per heavy atom. The van der Waals surface area contributed by atoms with Crippen LogP contribution in [-0.2, 0) is 6.42 Å². The van der Waals surface area contributed by atoms with E-state index >= 15 is 0 Å². The minimum absolute atomic E-state index is 0.411. The van der Waals surface area contributed by atoms with Crippen molar-refractivity contribution in [1.82, 2.24) is 5.32 Å². The number of ether oxygens (including phenoxy) is 1. The molecule has 1 aromatic rings. The molecule has 0 radical (unpaired) electrons. The van der Waals surface area contributed by atoms with E-state index in [1.165, 1.54) is 50.0 Å². The van der Waals surface area contributed by atoms with Gasteiger partial charge < -0.3 is 10.1 Å². The molecule has 0 spiro atoms. The quantitative estimate of drug-likeness (QED) is 0.915. The van der Waals surface area contributed by atoms with Crippen molar-refractivity contribution in [1.29, 1.82) is 0 Å². The van der Waals surface area contributed by atoms with Gasteiger partial charge in [-0.15, -0.1) is 0 Å². The molecule has 2 saturated heterocycles. The number of piperidine rings is 1.